The standard InChI is InChI=1S/C5H12O4.5C3H6O2S/c6-1-5(2-7,3-8)4-9;5*4-3(5)1-2-6/h6-9H,1-4H2;5*6H,1-2H2,(H,4,5). The molecular weight excluding hydrogens is 625 g/mol. The number of thiol groups is 5. The molecule has 0 aromatic heterocycles. The molecule has 0 aliphatic rings. The fraction of sp³-hybridized carbons (Fsp3) is 0.750. The maximum Gasteiger partial charge on any atom is 0.304 e. The van der Waals surface area contributed by atoms with Gasteiger partial charge in [-0.2, -0.15) is 63.1 Å². The fourth-order valence-electron chi connectivity index (χ4n) is 0.778. The second-order valence-corrected chi connectivity index (χ2v) is 8.71. The van der Waals surface area contributed by atoms with Gasteiger partial charge in [0.2, 0.25) is 0 Å². The number of hydrogen-bond acceptors (Lipinski definition) is 14. The molecular formula is C20H42O14S5. The summed E-state index contributed by atoms with van der Waals surface area (Å²) in [7, 11) is 0. The average molecular weight is 667 g/mol. The molecule has 0 bridgehead atoms. The summed E-state index contributed by atoms with van der Waals surface area (Å²) in [6.07, 6.45) is 0.779. The van der Waals surface area contributed by atoms with E-state index in [1.54, 1.807) is 0 Å². The minimum atomic E-state index is -1.11. The summed E-state index contributed by atoms with van der Waals surface area (Å²) >= 11 is 18.4. The van der Waals surface area contributed by atoms with Gasteiger partial charge in [-0.25, -0.2) is 0 Å². The van der Waals surface area contributed by atoms with Gasteiger partial charge in [0.05, 0.1) is 63.9 Å². The second-order valence-electron chi connectivity index (χ2n) is 6.47. The van der Waals surface area contributed by atoms with Crippen LogP contribution in [0.5, 0.6) is 0 Å². The molecule has 0 aromatic carbocycles. The zero-order valence-corrected chi connectivity index (χ0v) is 25.7. The van der Waals surface area contributed by atoms with Gasteiger partial charge >= 0.3 is 29.8 Å². The van der Waals surface area contributed by atoms with Crippen molar-refractivity contribution in [3.63, 3.8) is 0 Å². The lowest BCUT2D eigenvalue weighted by Gasteiger charge is -2.23. The first-order valence-corrected chi connectivity index (χ1v) is 13.8. The lowest BCUT2D eigenvalue weighted by atomic mass is 9.93. The summed E-state index contributed by atoms with van der Waals surface area (Å²) in [5, 5.41) is 73.3. The van der Waals surface area contributed by atoms with Crippen LogP contribution in [-0.4, -0.2) is 131 Å². The van der Waals surface area contributed by atoms with E-state index in [-0.39, 0.29) is 32.1 Å². The minimum Gasteiger partial charge on any atom is -0.481 e. The normalized spacial score (nSPS) is 9.05. The quantitative estimate of drug-likeness (QED) is 0.108. The van der Waals surface area contributed by atoms with Gasteiger partial charge in [-0.1, -0.05) is 0 Å². The molecule has 0 atom stereocenters. The van der Waals surface area contributed by atoms with Crippen LogP contribution in [0.4, 0.5) is 0 Å². The van der Waals surface area contributed by atoms with Crippen LogP contribution in [0.2, 0.25) is 0 Å². The Balaban J connectivity index is -0.0000000845. The van der Waals surface area contributed by atoms with Crippen molar-refractivity contribution in [2.75, 3.05) is 55.2 Å². The van der Waals surface area contributed by atoms with E-state index in [1.165, 1.54) is 0 Å². The molecule has 0 amide bonds. The molecule has 0 radical (unpaired) electrons. The third-order valence-corrected chi connectivity index (χ3v) is 4.09. The third kappa shape index (κ3) is 67.0. The first kappa shape index (κ1) is 50.7. The molecule has 0 saturated heterocycles. The number of hydrogen-bond donors (Lipinski definition) is 14. The molecule has 14 nitrogen and oxygen atoms in total. The number of rotatable bonds is 14. The lowest BCUT2D eigenvalue weighted by molar-refractivity contribution is -0.137. The first-order valence-electron chi connectivity index (χ1n) is 10.7. The summed E-state index contributed by atoms with van der Waals surface area (Å²) in [4.78, 5) is 47.8. The Labute approximate surface area is 254 Å². The Kier molecular flexibility index (Phi) is 53.9. The second kappa shape index (κ2) is 41.4. The van der Waals surface area contributed by atoms with Gasteiger partial charge in [0.15, 0.2) is 0 Å². The highest BCUT2D eigenvalue weighted by molar-refractivity contribution is 7.80. The van der Waals surface area contributed by atoms with Crippen molar-refractivity contribution in [3.05, 3.63) is 0 Å². The SMILES string of the molecule is O=C(O)CCS.O=C(O)CCS.O=C(O)CCS.O=C(O)CCS.O=C(O)CCS.OCC(CO)(CO)CO. The lowest BCUT2D eigenvalue weighted by Crippen LogP contribution is -2.37. The van der Waals surface area contributed by atoms with Gasteiger partial charge < -0.3 is 46.0 Å². The number of aliphatic hydroxyl groups is 4. The third-order valence-electron chi connectivity index (χ3n) is 2.97. The van der Waals surface area contributed by atoms with Gasteiger partial charge in [-0.3, -0.25) is 24.0 Å². The van der Waals surface area contributed by atoms with E-state index in [0.717, 1.165) is 0 Å². The van der Waals surface area contributed by atoms with E-state index in [4.69, 9.17) is 46.0 Å². The van der Waals surface area contributed by atoms with E-state index < -0.39 is 61.7 Å². The maximum atomic E-state index is 9.55. The largest absolute Gasteiger partial charge is 0.481 e. The Morgan fingerprint density at radius 2 is 0.513 bits per heavy atom. The van der Waals surface area contributed by atoms with Crippen molar-refractivity contribution in [1.29, 1.82) is 0 Å². The van der Waals surface area contributed by atoms with Gasteiger partial charge in [0, 0.05) is 28.8 Å². The molecule has 19 heteroatoms. The molecule has 0 saturated carbocycles. The molecule has 0 aliphatic carbocycles. The van der Waals surface area contributed by atoms with Gasteiger partial charge in [0.25, 0.3) is 0 Å². The Morgan fingerprint density at radius 1 is 0.385 bits per heavy atom. The van der Waals surface area contributed by atoms with Crippen molar-refractivity contribution in [1.82, 2.24) is 0 Å². The highest BCUT2D eigenvalue weighted by Gasteiger charge is 2.26. The van der Waals surface area contributed by atoms with Crippen LogP contribution in [0.15, 0.2) is 0 Å². The van der Waals surface area contributed by atoms with E-state index in [0.29, 0.717) is 28.8 Å². The zero-order chi connectivity index (χ0) is 32.3. The number of carbonyl (C=O) groups is 5. The number of aliphatic carboxylic acids is 5. The summed E-state index contributed by atoms with van der Waals surface area (Å²) in [5.74, 6) is -1.81. The van der Waals surface area contributed by atoms with E-state index >= 15 is 0 Å². The Morgan fingerprint density at radius 3 is 0.513 bits per heavy atom. The van der Waals surface area contributed by atoms with Crippen LogP contribution < -0.4 is 0 Å². The minimum absolute atomic E-state index is 0.156. The average Bonchev–Trinajstić information content (AvgIpc) is 2.82. The summed E-state index contributed by atoms with van der Waals surface area (Å²) in [5.41, 5.74) is -1.11. The molecule has 0 aliphatic heterocycles. The van der Waals surface area contributed by atoms with Crippen molar-refractivity contribution in [2.45, 2.75) is 32.1 Å². The highest BCUT2D eigenvalue weighted by Crippen LogP contribution is 2.11. The topological polar surface area (TPSA) is 267 Å². The monoisotopic (exact) mass is 666 g/mol. The molecule has 0 heterocycles. The van der Waals surface area contributed by atoms with Gasteiger partial charge in [-0.05, 0) is 0 Å². The van der Waals surface area contributed by atoms with E-state index in [9.17, 15) is 24.0 Å². The molecule has 0 aromatic rings. The molecule has 0 fully saturated rings. The maximum absolute atomic E-state index is 9.55. The van der Waals surface area contributed by atoms with Crippen LogP contribution in [0.3, 0.4) is 0 Å². The summed E-state index contributed by atoms with van der Waals surface area (Å²) in [6.45, 7) is -1.62. The summed E-state index contributed by atoms with van der Waals surface area (Å²) < 4.78 is 0. The van der Waals surface area contributed by atoms with Crippen LogP contribution in [0.1, 0.15) is 32.1 Å². The van der Waals surface area contributed by atoms with E-state index in [2.05, 4.69) is 63.1 Å². The number of aliphatic hydroxyl groups excluding tert-OH is 4. The summed E-state index contributed by atoms with van der Waals surface area (Å²) in [6, 6.07) is 0. The molecule has 0 unspecified atom stereocenters. The predicted molar refractivity (Wildman–Crippen MR) is 161 cm³/mol. The number of carboxylic acids is 5. The molecule has 39 heavy (non-hydrogen) atoms. The zero-order valence-electron chi connectivity index (χ0n) is 21.2. The van der Waals surface area contributed by atoms with Crippen LogP contribution in [0, 0.1) is 5.41 Å². The van der Waals surface area contributed by atoms with Crippen LogP contribution in [-0.2, 0) is 24.0 Å². The molecule has 236 valence electrons. The van der Waals surface area contributed by atoms with Crippen LogP contribution in [0.25, 0.3) is 0 Å². The fourth-order valence-corrected chi connectivity index (χ4v) is 1.73. The molecule has 9 N–H and O–H groups in total. The van der Waals surface area contributed by atoms with Gasteiger partial charge in [-0.15, -0.1) is 0 Å². The van der Waals surface area contributed by atoms with Crippen LogP contribution >= 0.6 is 63.1 Å². The molecule has 0 spiro atoms. The highest BCUT2D eigenvalue weighted by atomic mass is 32.1. The number of carboxylic acid groups (broad SMARTS) is 5. The van der Waals surface area contributed by atoms with Crippen molar-refractivity contribution in [3.8, 4) is 0 Å². The molecule has 0 rings (SSSR count). The Bertz CT molecular complexity index is 483. The smallest absolute Gasteiger partial charge is 0.304 e. The van der Waals surface area contributed by atoms with Gasteiger partial charge in [0.1, 0.15) is 0 Å². The first-order chi connectivity index (χ1) is 18.1. The van der Waals surface area contributed by atoms with Crippen molar-refractivity contribution < 1.29 is 69.9 Å². The predicted octanol–water partition coefficient (Wildman–Crippen LogP) is -0.103. The van der Waals surface area contributed by atoms with Crippen molar-refractivity contribution >= 4 is 93.0 Å². The van der Waals surface area contributed by atoms with E-state index in [1.807, 2.05) is 0 Å². The Hall–Kier alpha value is -1.06. The van der Waals surface area contributed by atoms with Crippen molar-refractivity contribution in [2.24, 2.45) is 5.41 Å².